The molecular formula is C16H23N3S2. The van der Waals surface area contributed by atoms with Crippen LogP contribution in [-0.2, 0) is 18.6 Å². The Hall–Kier alpha value is -0.810. The van der Waals surface area contributed by atoms with Gasteiger partial charge in [0.15, 0.2) is 0 Å². The minimum atomic E-state index is 0.244. The van der Waals surface area contributed by atoms with E-state index in [9.17, 15) is 0 Å². The predicted molar refractivity (Wildman–Crippen MR) is 94.7 cm³/mol. The van der Waals surface area contributed by atoms with E-state index in [1.54, 1.807) is 0 Å². The number of aryl methyl sites for hydroxylation is 2. The van der Waals surface area contributed by atoms with E-state index in [4.69, 9.17) is 9.97 Å². The van der Waals surface area contributed by atoms with Gasteiger partial charge in [-0.1, -0.05) is 20.8 Å². The van der Waals surface area contributed by atoms with E-state index >= 15 is 0 Å². The Morgan fingerprint density at radius 3 is 2.76 bits per heavy atom. The first-order valence-corrected chi connectivity index (χ1v) is 9.47. The maximum atomic E-state index is 4.83. The number of nitrogens with one attached hydrogen (secondary N) is 1. The third-order valence-corrected chi connectivity index (χ3v) is 6.04. The topological polar surface area (TPSA) is 37.8 Å². The van der Waals surface area contributed by atoms with Gasteiger partial charge in [0.25, 0.3) is 0 Å². The number of anilines is 1. The maximum Gasteiger partial charge on any atom is 0.142 e. The van der Waals surface area contributed by atoms with Crippen molar-refractivity contribution in [1.82, 2.24) is 9.97 Å². The van der Waals surface area contributed by atoms with Gasteiger partial charge in [0.2, 0.25) is 0 Å². The molecule has 1 N–H and O–H groups in total. The average molecular weight is 322 g/mol. The maximum absolute atomic E-state index is 4.83. The van der Waals surface area contributed by atoms with Crippen LogP contribution in [0.2, 0.25) is 0 Å². The standard InChI is InChI=1S/C16H23N3S2/c1-5-17-14-13-10-7-6-8-11(10)21-15(13)19-12(18-14)9-20-16(2,3)4/h5-9H2,1-4H3,(H,17,18,19). The number of thiophene rings is 1. The molecule has 1 aliphatic carbocycles. The van der Waals surface area contributed by atoms with Crippen LogP contribution in [0.1, 0.15) is 50.4 Å². The fourth-order valence-corrected chi connectivity index (χ4v) is 4.65. The smallest absolute Gasteiger partial charge is 0.142 e. The zero-order valence-corrected chi connectivity index (χ0v) is 14.9. The van der Waals surface area contributed by atoms with E-state index in [2.05, 4.69) is 33.0 Å². The Labute approximate surface area is 135 Å². The average Bonchev–Trinajstić information content (AvgIpc) is 2.95. The van der Waals surface area contributed by atoms with Crippen molar-refractivity contribution >= 4 is 39.1 Å². The summed E-state index contributed by atoms with van der Waals surface area (Å²) >= 11 is 3.78. The molecule has 0 aliphatic heterocycles. The lowest BCUT2D eigenvalue weighted by atomic mass is 10.2. The van der Waals surface area contributed by atoms with Crippen molar-refractivity contribution < 1.29 is 0 Å². The quantitative estimate of drug-likeness (QED) is 0.890. The van der Waals surface area contributed by atoms with E-state index in [0.29, 0.717) is 0 Å². The Morgan fingerprint density at radius 2 is 2.05 bits per heavy atom. The number of nitrogens with zero attached hydrogens (tertiary/aromatic N) is 2. The lowest BCUT2D eigenvalue weighted by Gasteiger charge is -2.17. The summed E-state index contributed by atoms with van der Waals surface area (Å²) in [5.41, 5.74) is 1.50. The van der Waals surface area contributed by atoms with Crippen LogP contribution in [0.5, 0.6) is 0 Å². The predicted octanol–water partition coefficient (Wildman–Crippen LogP) is 4.64. The molecular weight excluding hydrogens is 298 g/mol. The van der Waals surface area contributed by atoms with Gasteiger partial charge in [-0.3, -0.25) is 0 Å². The Morgan fingerprint density at radius 1 is 1.24 bits per heavy atom. The first-order valence-electron chi connectivity index (χ1n) is 7.67. The number of aromatic nitrogens is 2. The van der Waals surface area contributed by atoms with E-state index in [0.717, 1.165) is 23.9 Å². The molecule has 0 radical (unpaired) electrons. The van der Waals surface area contributed by atoms with Gasteiger partial charge in [-0.05, 0) is 31.7 Å². The molecule has 2 aromatic rings. The van der Waals surface area contributed by atoms with Gasteiger partial charge in [-0.2, -0.15) is 0 Å². The van der Waals surface area contributed by atoms with Crippen LogP contribution >= 0.6 is 23.1 Å². The van der Waals surface area contributed by atoms with Crippen molar-refractivity contribution in [2.24, 2.45) is 0 Å². The minimum Gasteiger partial charge on any atom is -0.370 e. The summed E-state index contributed by atoms with van der Waals surface area (Å²) in [6.07, 6.45) is 3.69. The van der Waals surface area contributed by atoms with E-state index in [1.165, 1.54) is 39.9 Å². The van der Waals surface area contributed by atoms with Crippen molar-refractivity contribution in [3.63, 3.8) is 0 Å². The number of hydrogen-bond donors (Lipinski definition) is 1. The molecule has 1 aliphatic rings. The third-order valence-electron chi connectivity index (χ3n) is 3.59. The molecule has 0 saturated carbocycles. The van der Waals surface area contributed by atoms with Crippen molar-refractivity contribution in [2.45, 2.75) is 57.5 Å². The minimum absolute atomic E-state index is 0.244. The molecule has 3 nitrogen and oxygen atoms in total. The van der Waals surface area contributed by atoms with E-state index in [-0.39, 0.29) is 4.75 Å². The van der Waals surface area contributed by atoms with Crippen LogP contribution < -0.4 is 5.32 Å². The molecule has 114 valence electrons. The van der Waals surface area contributed by atoms with Crippen LogP contribution in [0.15, 0.2) is 0 Å². The summed E-state index contributed by atoms with van der Waals surface area (Å²) in [7, 11) is 0. The Balaban J connectivity index is 2.00. The van der Waals surface area contributed by atoms with Crippen LogP contribution in [0, 0.1) is 0 Å². The van der Waals surface area contributed by atoms with Crippen LogP contribution in [-0.4, -0.2) is 21.3 Å². The molecule has 21 heavy (non-hydrogen) atoms. The summed E-state index contributed by atoms with van der Waals surface area (Å²) in [5.74, 6) is 2.88. The summed E-state index contributed by atoms with van der Waals surface area (Å²) in [4.78, 5) is 12.3. The molecule has 2 heterocycles. The first kappa shape index (κ1) is 15.1. The highest BCUT2D eigenvalue weighted by molar-refractivity contribution is 7.99. The van der Waals surface area contributed by atoms with Gasteiger partial charge in [0.05, 0.1) is 11.1 Å². The largest absolute Gasteiger partial charge is 0.370 e. The highest BCUT2D eigenvalue weighted by Crippen LogP contribution is 2.40. The van der Waals surface area contributed by atoms with Gasteiger partial charge < -0.3 is 5.32 Å². The summed E-state index contributed by atoms with van der Waals surface area (Å²) in [5, 5.41) is 4.74. The third kappa shape index (κ3) is 3.19. The number of rotatable bonds is 4. The van der Waals surface area contributed by atoms with Crippen LogP contribution in [0.3, 0.4) is 0 Å². The summed E-state index contributed by atoms with van der Waals surface area (Å²) < 4.78 is 0.244. The highest BCUT2D eigenvalue weighted by atomic mass is 32.2. The summed E-state index contributed by atoms with van der Waals surface area (Å²) in [6, 6.07) is 0. The monoisotopic (exact) mass is 321 g/mol. The van der Waals surface area contributed by atoms with Crippen molar-refractivity contribution in [3.05, 3.63) is 16.3 Å². The van der Waals surface area contributed by atoms with Crippen molar-refractivity contribution in [3.8, 4) is 0 Å². The molecule has 3 rings (SSSR count). The second-order valence-corrected chi connectivity index (χ2v) is 9.34. The number of fused-ring (bicyclic) bond motifs is 3. The normalized spacial score (nSPS) is 14.7. The SMILES string of the molecule is CCNc1nc(CSC(C)(C)C)nc2sc3c(c12)CCC3. The number of hydrogen-bond acceptors (Lipinski definition) is 5. The van der Waals surface area contributed by atoms with Gasteiger partial charge in [-0.15, -0.1) is 23.1 Å². The van der Waals surface area contributed by atoms with Crippen LogP contribution in [0.4, 0.5) is 5.82 Å². The molecule has 5 heteroatoms. The van der Waals surface area contributed by atoms with Crippen molar-refractivity contribution in [1.29, 1.82) is 0 Å². The second-order valence-electron chi connectivity index (χ2n) is 6.46. The molecule has 0 atom stereocenters. The van der Waals surface area contributed by atoms with Crippen LogP contribution in [0.25, 0.3) is 10.2 Å². The summed E-state index contributed by atoms with van der Waals surface area (Å²) in [6.45, 7) is 9.75. The first-order chi connectivity index (χ1) is 9.98. The second kappa shape index (κ2) is 5.76. The zero-order chi connectivity index (χ0) is 15.0. The molecule has 0 bridgehead atoms. The van der Waals surface area contributed by atoms with Gasteiger partial charge >= 0.3 is 0 Å². The fourth-order valence-electron chi connectivity index (χ4n) is 2.68. The van der Waals surface area contributed by atoms with E-state index in [1.807, 2.05) is 23.1 Å². The molecule has 0 amide bonds. The van der Waals surface area contributed by atoms with Gasteiger partial charge in [0, 0.05) is 16.2 Å². The lowest BCUT2D eigenvalue weighted by Crippen LogP contribution is -2.09. The molecule has 0 saturated heterocycles. The molecule has 0 spiro atoms. The Bertz CT molecular complexity index is 656. The molecule has 2 aromatic heterocycles. The van der Waals surface area contributed by atoms with Gasteiger partial charge in [0.1, 0.15) is 16.5 Å². The molecule has 0 aromatic carbocycles. The number of thioether (sulfide) groups is 1. The fraction of sp³-hybridized carbons (Fsp3) is 0.625. The van der Waals surface area contributed by atoms with Gasteiger partial charge in [-0.25, -0.2) is 9.97 Å². The molecule has 0 fully saturated rings. The molecule has 0 unspecified atom stereocenters. The Kier molecular flexibility index (Phi) is 4.14. The highest BCUT2D eigenvalue weighted by Gasteiger charge is 2.22. The zero-order valence-electron chi connectivity index (χ0n) is 13.2. The lowest BCUT2D eigenvalue weighted by molar-refractivity contribution is 0.800. The van der Waals surface area contributed by atoms with E-state index < -0.39 is 0 Å². The van der Waals surface area contributed by atoms with Crippen molar-refractivity contribution in [2.75, 3.05) is 11.9 Å².